The van der Waals surface area contributed by atoms with E-state index in [4.69, 9.17) is 0 Å². The first-order chi connectivity index (χ1) is 6.81. The van der Waals surface area contributed by atoms with Crippen LogP contribution in [-0.4, -0.2) is 18.5 Å². The lowest BCUT2D eigenvalue weighted by atomic mass is 10.2. The fraction of sp³-hybridized carbons (Fsp3) is 0.273. The second-order valence-electron chi connectivity index (χ2n) is 3.39. The summed E-state index contributed by atoms with van der Waals surface area (Å²) in [4.78, 5) is 10.8. The zero-order chi connectivity index (χ0) is 9.97. The molecular weight excluding hydrogens is 176 g/mol. The Bertz CT molecular complexity index is 385. The van der Waals surface area contributed by atoms with Gasteiger partial charge >= 0.3 is 0 Å². The van der Waals surface area contributed by atoms with Gasteiger partial charge in [0.1, 0.15) is 0 Å². The molecule has 1 aliphatic rings. The van der Waals surface area contributed by atoms with Crippen molar-refractivity contribution in [2.24, 2.45) is 5.10 Å². The van der Waals surface area contributed by atoms with Crippen molar-refractivity contribution >= 4 is 17.7 Å². The molecule has 3 heteroatoms. The SMILES string of the molecule is CC1=NN(c2ccccc2C=O)CC1. The maximum Gasteiger partial charge on any atom is 0.152 e. The van der Waals surface area contributed by atoms with Gasteiger partial charge in [-0.2, -0.15) is 5.10 Å². The molecule has 0 unspecified atom stereocenters. The van der Waals surface area contributed by atoms with E-state index in [2.05, 4.69) is 5.10 Å². The van der Waals surface area contributed by atoms with E-state index in [1.807, 2.05) is 36.2 Å². The molecule has 72 valence electrons. The third-order valence-corrected chi connectivity index (χ3v) is 2.32. The molecule has 0 aliphatic carbocycles. The van der Waals surface area contributed by atoms with Gasteiger partial charge in [0.2, 0.25) is 0 Å². The average molecular weight is 188 g/mol. The number of carbonyl (C=O) groups is 1. The van der Waals surface area contributed by atoms with Gasteiger partial charge in [-0.25, -0.2) is 0 Å². The third kappa shape index (κ3) is 1.53. The first-order valence-electron chi connectivity index (χ1n) is 4.67. The number of anilines is 1. The second-order valence-corrected chi connectivity index (χ2v) is 3.39. The highest BCUT2D eigenvalue weighted by Crippen LogP contribution is 2.22. The highest BCUT2D eigenvalue weighted by Gasteiger charge is 2.14. The van der Waals surface area contributed by atoms with Crippen LogP contribution in [-0.2, 0) is 0 Å². The Hall–Kier alpha value is -1.64. The Labute approximate surface area is 83.0 Å². The van der Waals surface area contributed by atoms with Gasteiger partial charge in [0.05, 0.1) is 5.69 Å². The first kappa shape index (κ1) is 8.94. The Balaban J connectivity index is 2.36. The van der Waals surface area contributed by atoms with Crippen LogP contribution in [0.2, 0.25) is 0 Å². The van der Waals surface area contributed by atoms with Gasteiger partial charge in [-0.3, -0.25) is 9.80 Å². The highest BCUT2D eigenvalue weighted by molar-refractivity contribution is 5.89. The molecule has 1 aromatic rings. The van der Waals surface area contributed by atoms with E-state index in [9.17, 15) is 4.79 Å². The van der Waals surface area contributed by atoms with Crippen molar-refractivity contribution in [3.8, 4) is 0 Å². The van der Waals surface area contributed by atoms with Crippen LogP contribution in [0.1, 0.15) is 23.7 Å². The summed E-state index contributed by atoms with van der Waals surface area (Å²) >= 11 is 0. The van der Waals surface area contributed by atoms with Crippen LogP contribution in [0.15, 0.2) is 29.4 Å². The Morgan fingerprint density at radius 3 is 2.86 bits per heavy atom. The smallest absolute Gasteiger partial charge is 0.152 e. The molecular formula is C11H12N2O. The summed E-state index contributed by atoms with van der Waals surface area (Å²) in [6.07, 6.45) is 1.85. The van der Waals surface area contributed by atoms with Crippen LogP contribution >= 0.6 is 0 Å². The van der Waals surface area contributed by atoms with Crippen LogP contribution in [0, 0.1) is 0 Å². The molecule has 0 aromatic heterocycles. The number of rotatable bonds is 2. The molecule has 1 aromatic carbocycles. The van der Waals surface area contributed by atoms with Crippen LogP contribution in [0.3, 0.4) is 0 Å². The van der Waals surface area contributed by atoms with E-state index in [1.54, 1.807) is 0 Å². The lowest BCUT2D eigenvalue weighted by molar-refractivity contribution is 0.112. The number of carbonyl (C=O) groups excluding carboxylic acids is 1. The molecule has 0 atom stereocenters. The number of nitrogens with zero attached hydrogens (tertiary/aromatic N) is 2. The molecule has 1 aliphatic heterocycles. The van der Waals surface area contributed by atoms with Crippen LogP contribution in [0.4, 0.5) is 5.69 Å². The number of para-hydroxylation sites is 1. The largest absolute Gasteiger partial charge is 0.298 e. The summed E-state index contributed by atoms with van der Waals surface area (Å²) in [5, 5.41) is 6.25. The Morgan fingerprint density at radius 2 is 2.21 bits per heavy atom. The van der Waals surface area contributed by atoms with Crippen molar-refractivity contribution in [2.75, 3.05) is 11.6 Å². The van der Waals surface area contributed by atoms with Crippen LogP contribution in [0.5, 0.6) is 0 Å². The molecule has 0 fully saturated rings. The van der Waals surface area contributed by atoms with Crippen LogP contribution in [0.25, 0.3) is 0 Å². The number of aldehydes is 1. The fourth-order valence-electron chi connectivity index (χ4n) is 1.57. The minimum atomic E-state index is 0.700. The van der Waals surface area contributed by atoms with Crippen molar-refractivity contribution in [1.29, 1.82) is 0 Å². The molecule has 0 saturated carbocycles. The first-order valence-corrected chi connectivity index (χ1v) is 4.67. The monoisotopic (exact) mass is 188 g/mol. The molecule has 0 bridgehead atoms. The van der Waals surface area contributed by atoms with Gasteiger partial charge in [-0.05, 0) is 19.1 Å². The van der Waals surface area contributed by atoms with Gasteiger partial charge < -0.3 is 0 Å². The fourth-order valence-corrected chi connectivity index (χ4v) is 1.57. The average Bonchev–Trinajstić information content (AvgIpc) is 2.65. The highest BCUT2D eigenvalue weighted by atomic mass is 16.1. The number of benzene rings is 1. The van der Waals surface area contributed by atoms with E-state index in [0.717, 1.165) is 30.7 Å². The summed E-state index contributed by atoms with van der Waals surface area (Å²) < 4.78 is 0. The number of hydrogen-bond acceptors (Lipinski definition) is 3. The molecule has 0 radical (unpaired) electrons. The van der Waals surface area contributed by atoms with Gasteiger partial charge in [0.25, 0.3) is 0 Å². The summed E-state index contributed by atoms with van der Waals surface area (Å²) in [6.45, 7) is 2.88. The normalized spacial score (nSPS) is 15.5. The van der Waals surface area contributed by atoms with E-state index in [1.165, 1.54) is 0 Å². The van der Waals surface area contributed by atoms with Gasteiger partial charge in [-0.1, -0.05) is 12.1 Å². The minimum Gasteiger partial charge on any atom is -0.298 e. The maximum absolute atomic E-state index is 10.8. The van der Waals surface area contributed by atoms with Gasteiger partial charge in [-0.15, -0.1) is 0 Å². The van der Waals surface area contributed by atoms with E-state index < -0.39 is 0 Å². The third-order valence-electron chi connectivity index (χ3n) is 2.32. The summed E-state index contributed by atoms with van der Waals surface area (Å²) in [5.41, 5.74) is 2.72. The molecule has 0 N–H and O–H groups in total. The zero-order valence-electron chi connectivity index (χ0n) is 8.10. The van der Waals surface area contributed by atoms with Gasteiger partial charge in [0, 0.05) is 24.2 Å². The maximum atomic E-state index is 10.8. The quantitative estimate of drug-likeness (QED) is 0.666. The van der Waals surface area contributed by atoms with Crippen molar-refractivity contribution in [3.05, 3.63) is 29.8 Å². The lowest BCUT2D eigenvalue weighted by Crippen LogP contribution is -2.13. The van der Waals surface area contributed by atoms with Crippen molar-refractivity contribution in [2.45, 2.75) is 13.3 Å². The topological polar surface area (TPSA) is 32.7 Å². The van der Waals surface area contributed by atoms with Crippen LogP contribution < -0.4 is 5.01 Å². The Kier molecular flexibility index (Phi) is 2.31. The summed E-state index contributed by atoms with van der Waals surface area (Å²) in [6, 6.07) is 7.52. The van der Waals surface area contributed by atoms with Gasteiger partial charge in [0.15, 0.2) is 6.29 Å². The lowest BCUT2D eigenvalue weighted by Gasteiger charge is -2.15. The minimum absolute atomic E-state index is 0.700. The molecule has 1 heterocycles. The molecule has 3 nitrogen and oxygen atoms in total. The summed E-state index contributed by atoms with van der Waals surface area (Å²) in [7, 11) is 0. The zero-order valence-corrected chi connectivity index (χ0v) is 8.10. The molecule has 0 spiro atoms. The van der Waals surface area contributed by atoms with Crippen molar-refractivity contribution in [1.82, 2.24) is 0 Å². The number of hydrazone groups is 1. The number of hydrogen-bond donors (Lipinski definition) is 0. The van der Waals surface area contributed by atoms with E-state index >= 15 is 0 Å². The molecule has 14 heavy (non-hydrogen) atoms. The molecule has 0 amide bonds. The molecule has 2 rings (SSSR count). The Morgan fingerprint density at radius 1 is 1.43 bits per heavy atom. The van der Waals surface area contributed by atoms with Crippen molar-refractivity contribution in [3.63, 3.8) is 0 Å². The second kappa shape index (κ2) is 3.62. The predicted octanol–water partition coefficient (Wildman–Crippen LogP) is 2.09. The van der Waals surface area contributed by atoms with E-state index in [0.29, 0.717) is 5.56 Å². The standard InChI is InChI=1S/C11H12N2O/c1-9-6-7-13(12-9)11-5-3-2-4-10(11)8-14/h2-5,8H,6-7H2,1H3. The van der Waals surface area contributed by atoms with E-state index in [-0.39, 0.29) is 0 Å². The van der Waals surface area contributed by atoms with Crippen molar-refractivity contribution < 1.29 is 4.79 Å². The summed E-state index contributed by atoms with van der Waals surface area (Å²) in [5.74, 6) is 0. The predicted molar refractivity (Wildman–Crippen MR) is 56.9 cm³/mol. The molecule has 0 saturated heterocycles.